The molecule has 28 heavy (non-hydrogen) atoms. The first kappa shape index (κ1) is 20.6. The summed E-state index contributed by atoms with van der Waals surface area (Å²) >= 11 is 0. The predicted octanol–water partition coefficient (Wildman–Crippen LogP) is 2.45. The number of piperazine rings is 1. The summed E-state index contributed by atoms with van der Waals surface area (Å²) in [7, 11) is 0.612. The molecule has 0 saturated carbocycles. The maximum atomic E-state index is 12.8. The first-order valence-electron chi connectivity index (χ1n) is 9.55. The van der Waals surface area contributed by atoms with Gasteiger partial charge in [-0.05, 0) is 57.4 Å². The Morgan fingerprint density at radius 1 is 0.929 bits per heavy atom. The summed E-state index contributed by atoms with van der Waals surface area (Å²) in [5, 5.41) is 0. The summed E-state index contributed by atoms with van der Waals surface area (Å²) in [5.74, 6) is 0.853. The number of aryl methyl sites for hydroxylation is 1. The van der Waals surface area contributed by atoms with E-state index in [9.17, 15) is 8.42 Å². The molecule has 1 aliphatic heterocycles. The lowest BCUT2D eigenvalue weighted by Gasteiger charge is -2.35. The molecule has 0 amide bonds. The third kappa shape index (κ3) is 5.04. The van der Waals surface area contributed by atoms with Crippen LogP contribution in [0.25, 0.3) is 0 Å². The van der Waals surface area contributed by atoms with Crippen LogP contribution in [-0.4, -0.2) is 71.0 Å². The SMILES string of the molecule is Cc1ccc(S(=O)(=O)N2CCN(c3ccc(OCCN(C)C)cc3)CC2)cc1. The van der Waals surface area contributed by atoms with Crippen LogP contribution >= 0.6 is 0 Å². The monoisotopic (exact) mass is 403 g/mol. The molecule has 152 valence electrons. The fraction of sp³-hybridized carbons (Fsp3) is 0.429. The highest BCUT2D eigenvalue weighted by Gasteiger charge is 2.28. The molecule has 0 N–H and O–H groups in total. The lowest BCUT2D eigenvalue weighted by molar-refractivity contribution is 0.261. The fourth-order valence-electron chi connectivity index (χ4n) is 3.15. The minimum Gasteiger partial charge on any atom is -0.492 e. The Bertz CT molecular complexity index is 857. The Labute approximate surface area is 168 Å². The maximum absolute atomic E-state index is 12.8. The molecule has 7 heteroatoms. The third-order valence-corrected chi connectivity index (χ3v) is 6.82. The number of benzene rings is 2. The zero-order valence-electron chi connectivity index (χ0n) is 16.8. The molecule has 1 heterocycles. The van der Waals surface area contributed by atoms with Crippen molar-refractivity contribution in [1.29, 1.82) is 0 Å². The van der Waals surface area contributed by atoms with E-state index in [2.05, 4.69) is 9.80 Å². The summed E-state index contributed by atoms with van der Waals surface area (Å²) in [5.41, 5.74) is 2.14. The maximum Gasteiger partial charge on any atom is 0.243 e. The Kier molecular flexibility index (Phi) is 6.59. The molecule has 3 rings (SSSR count). The Hall–Kier alpha value is -2.09. The molecule has 0 unspecified atom stereocenters. The number of anilines is 1. The van der Waals surface area contributed by atoms with Gasteiger partial charge in [0.15, 0.2) is 0 Å². The Balaban J connectivity index is 1.57. The standard InChI is InChI=1S/C21H29N3O3S/c1-18-4-10-21(11-5-18)28(25,26)24-14-12-23(13-15-24)19-6-8-20(9-7-19)27-17-16-22(2)3/h4-11H,12-17H2,1-3H3. The van der Waals surface area contributed by atoms with Crippen LogP contribution in [0.2, 0.25) is 0 Å². The molecule has 0 spiro atoms. The number of nitrogens with zero attached hydrogens (tertiary/aromatic N) is 3. The molecular weight excluding hydrogens is 374 g/mol. The van der Waals surface area contributed by atoms with Crippen LogP contribution in [0.15, 0.2) is 53.4 Å². The molecule has 1 saturated heterocycles. The highest BCUT2D eigenvalue weighted by molar-refractivity contribution is 7.89. The van der Waals surface area contributed by atoms with E-state index in [0.29, 0.717) is 37.7 Å². The topological polar surface area (TPSA) is 53.1 Å². The third-order valence-electron chi connectivity index (χ3n) is 4.91. The Morgan fingerprint density at radius 3 is 2.11 bits per heavy atom. The second kappa shape index (κ2) is 8.94. The second-order valence-corrected chi connectivity index (χ2v) is 9.29. The van der Waals surface area contributed by atoms with Crippen LogP contribution in [0, 0.1) is 6.92 Å². The highest BCUT2D eigenvalue weighted by Crippen LogP contribution is 2.23. The smallest absolute Gasteiger partial charge is 0.243 e. The quantitative estimate of drug-likeness (QED) is 0.711. The molecule has 0 bridgehead atoms. The van der Waals surface area contributed by atoms with Gasteiger partial charge >= 0.3 is 0 Å². The molecule has 2 aromatic rings. The molecule has 1 fully saturated rings. The summed E-state index contributed by atoms with van der Waals surface area (Å²) in [4.78, 5) is 4.66. The van der Waals surface area contributed by atoms with Crippen LogP contribution in [0.3, 0.4) is 0 Å². The first-order chi connectivity index (χ1) is 13.4. The number of hydrogen-bond acceptors (Lipinski definition) is 5. The molecule has 1 aliphatic rings. The molecule has 0 radical (unpaired) electrons. The summed E-state index contributed by atoms with van der Waals surface area (Å²) in [6.07, 6.45) is 0. The van der Waals surface area contributed by atoms with Gasteiger partial charge in [0.1, 0.15) is 12.4 Å². The van der Waals surface area contributed by atoms with Crippen molar-refractivity contribution in [3.63, 3.8) is 0 Å². The minimum atomic E-state index is -3.43. The van der Waals surface area contributed by atoms with Gasteiger partial charge in [-0.2, -0.15) is 4.31 Å². The average Bonchev–Trinajstić information content (AvgIpc) is 2.69. The fourth-order valence-corrected chi connectivity index (χ4v) is 4.57. The first-order valence-corrected chi connectivity index (χ1v) is 11.0. The zero-order valence-corrected chi connectivity index (χ0v) is 17.7. The van der Waals surface area contributed by atoms with Gasteiger partial charge in [-0.25, -0.2) is 8.42 Å². The molecule has 0 atom stereocenters. The van der Waals surface area contributed by atoms with Gasteiger partial charge in [0, 0.05) is 38.4 Å². The minimum absolute atomic E-state index is 0.366. The molecule has 6 nitrogen and oxygen atoms in total. The number of ether oxygens (including phenoxy) is 1. The van der Waals surface area contributed by atoms with E-state index in [4.69, 9.17) is 4.74 Å². The summed E-state index contributed by atoms with van der Waals surface area (Å²) in [6, 6.07) is 15.1. The van der Waals surface area contributed by atoms with Crippen LogP contribution in [0.1, 0.15) is 5.56 Å². The number of rotatable bonds is 7. The van der Waals surface area contributed by atoms with Crippen molar-refractivity contribution in [3.8, 4) is 5.75 Å². The number of likely N-dealkylation sites (N-methyl/N-ethyl adjacent to an activating group) is 1. The number of sulfonamides is 1. The zero-order chi connectivity index (χ0) is 20.1. The number of hydrogen-bond donors (Lipinski definition) is 0. The highest BCUT2D eigenvalue weighted by atomic mass is 32.2. The van der Waals surface area contributed by atoms with E-state index in [1.54, 1.807) is 16.4 Å². The largest absolute Gasteiger partial charge is 0.492 e. The van der Waals surface area contributed by atoms with Gasteiger partial charge in [-0.15, -0.1) is 0 Å². The summed E-state index contributed by atoms with van der Waals surface area (Å²) in [6.45, 7) is 5.79. The van der Waals surface area contributed by atoms with Crippen molar-refractivity contribution in [2.45, 2.75) is 11.8 Å². The molecule has 0 aliphatic carbocycles. The van der Waals surface area contributed by atoms with Crippen LogP contribution in [0.5, 0.6) is 5.75 Å². The van der Waals surface area contributed by atoms with Gasteiger partial charge in [0.05, 0.1) is 4.90 Å². The van der Waals surface area contributed by atoms with E-state index in [0.717, 1.165) is 23.5 Å². The van der Waals surface area contributed by atoms with Gasteiger partial charge in [0.25, 0.3) is 0 Å². The second-order valence-electron chi connectivity index (χ2n) is 7.35. The van der Waals surface area contributed by atoms with E-state index in [1.165, 1.54) is 0 Å². The molecular formula is C21H29N3O3S. The van der Waals surface area contributed by atoms with E-state index >= 15 is 0 Å². The van der Waals surface area contributed by atoms with Crippen LogP contribution < -0.4 is 9.64 Å². The van der Waals surface area contributed by atoms with Gasteiger partial charge in [-0.1, -0.05) is 17.7 Å². The lowest BCUT2D eigenvalue weighted by atomic mass is 10.2. The van der Waals surface area contributed by atoms with Crippen molar-refractivity contribution < 1.29 is 13.2 Å². The Morgan fingerprint density at radius 2 is 1.54 bits per heavy atom. The van der Waals surface area contributed by atoms with Crippen molar-refractivity contribution in [3.05, 3.63) is 54.1 Å². The van der Waals surface area contributed by atoms with E-state index in [-0.39, 0.29) is 0 Å². The predicted molar refractivity (Wildman–Crippen MR) is 113 cm³/mol. The van der Waals surface area contributed by atoms with E-state index < -0.39 is 10.0 Å². The summed E-state index contributed by atoms with van der Waals surface area (Å²) < 4.78 is 33.0. The van der Waals surface area contributed by atoms with Crippen molar-refractivity contribution in [2.24, 2.45) is 0 Å². The lowest BCUT2D eigenvalue weighted by Crippen LogP contribution is -2.48. The van der Waals surface area contributed by atoms with E-state index in [1.807, 2.05) is 57.4 Å². The normalized spacial score (nSPS) is 15.8. The van der Waals surface area contributed by atoms with Gasteiger partial charge in [0.2, 0.25) is 10.0 Å². The van der Waals surface area contributed by atoms with Crippen molar-refractivity contribution >= 4 is 15.7 Å². The van der Waals surface area contributed by atoms with Crippen molar-refractivity contribution in [2.75, 3.05) is 58.3 Å². The molecule has 0 aromatic heterocycles. The average molecular weight is 404 g/mol. The van der Waals surface area contributed by atoms with Gasteiger partial charge in [-0.3, -0.25) is 0 Å². The van der Waals surface area contributed by atoms with Crippen molar-refractivity contribution in [1.82, 2.24) is 9.21 Å². The van der Waals surface area contributed by atoms with Crippen LogP contribution in [0.4, 0.5) is 5.69 Å². The van der Waals surface area contributed by atoms with Crippen LogP contribution in [-0.2, 0) is 10.0 Å². The van der Waals surface area contributed by atoms with Gasteiger partial charge < -0.3 is 14.5 Å². The molecule has 2 aromatic carbocycles.